The largest absolute Gasteiger partial charge is 0.463 e. The lowest BCUT2D eigenvalue weighted by atomic mass is 10.1. The number of ether oxygens (including phenoxy) is 3. The number of nitrogens with two attached hydrogens (primary N) is 1. The molecule has 154 valence electrons. The molecule has 0 spiro atoms. The molecule has 12 heteroatoms. The Morgan fingerprint density at radius 2 is 2.14 bits per heavy atom. The van der Waals surface area contributed by atoms with Crippen LogP contribution >= 0.6 is 0 Å². The van der Waals surface area contributed by atoms with Crippen molar-refractivity contribution in [1.29, 1.82) is 0 Å². The van der Waals surface area contributed by atoms with Crippen LogP contribution in [0.1, 0.15) is 20.1 Å². The Morgan fingerprint density at radius 1 is 1.41 bits per heavy atom. The van der Waals surface area contributed by atoms with E-state index < -0.39 is 48.8 Å². The second-order valence-corrected chi connectivity index (χ2v) is 6.27. The van der Waals surface area contributed by atoms with Crippen LogP contribution in [-0.4, -0.2) is 56.0 Å². The first-order valence-corrected chi connectivity index (χ1v) is 8.51. The molecule has 2 aromatic rings. The highest BCUT2D eigenvalue weighted by molar-refractivity contribution is 5.72. The van der Waals surface area contributed by atoms with Gasteiger partial charge >= 0.3 is 17.6 Å². The third kappa shape index (κ3) is 3.77. The van der Waals surface area contributed by atoms with Crippen molar-refractivity contribution in [2.75, 3.05) is 12.3 Å². The monoisotopic (exact) mass is 407 g/mol. The molecule has 1 aliphatic heterocycles. The maximum absolute atomic E-state index is 15.0. The van der Waals surface area contributed by atoms with Crippen molar-refractivity contribution in [2.45, 2.75) is 45.0 Å². The van der Waals surface area contributed by atoms with Crippen LogP contribution in [0.15, 0.2) is 11.0 Å². The lowest BCUT2D eigenvalue weighted by Crippen LogP contribution is -2.37. The van der Waals surface area contributed by atoms with Gasteiger partial charge < -0.3 is 19.9 Å². The molecule has 0 aliphatic carbocycles. The van der Waals surface area contributed by atoms with E-state index in [4.69, 9.17) is 26.4 Å². The number of carbonyl (C=O) groups excluding carboxylic acids is 2. The first kappa shape index (κ1) is 20.3. The summed E-state index contributed by atoms with van der Waals surface area (Å²) in [6.07, 6.45) is 0.590. The number of nitrogen functional groups attached to an aromatic ring is 1. The standard InChI is InChI=1S/C17H18FN5O6/c1-4-5-22-10-6-20-16(19)21-14(10)23(17(22)26)15-13(28-9(3)25)12(18)11(29-15)7-27-8(2)24/h1,6,11-13,15H,5,7H2,2-3H3,(H2,19,20,21)/t11-,12+,13-,15-/m1/s1. The van der Waals surface area contributed by atoms with Gasteiger partial charge in [0.2, 0.25) is 5.95 Å². The summed E-state index contributed by atoms with van der Waals surface area (Å²) in [6.45, 7) is 1.70. The zero-order chi connectivity index (χ0) is 21.3. The second kappa shape index (κ2) is 7.88. The first-order chi connectivity index (χ1) is 13.7. The third-order valence-electron chi connectivity index (χ3n) is 4.25. The van der Waals surface area contributed by atoms with E-state index in [9.17, 15) is 18.8 Å². The molecular formula is C17H18FN5O6. The number of hydrogen-bond donors (Lipinski definition) is 1. The number of anilines is 1. The average Bonchev–Trinajstić information content (AvgIpc) is 3.08. The van der Waals surface area contributed by atoms with Crippen LogP contribution in [0.3, 0.4) is 0 Å². The van der Waals surface area contributed by atoms with Crippen LogP contribution in [0.25, 0.3) is 11.2 Å². The first-order valence-electron chi connectivity index (χ1n) is 8.51. The minimum atomic E-state index is -1.87. The van der Waals surface area contributed by atoms with Gasteiger partial charge in [-0.05, 0) is 0 Å². The van der Waals surface area contributed by atoms with Crippen LogP contribution in [0.5, 0.6) is 0 Å². The molecule has 0 saturated carbocycles. The minimum absolute atomic E-state index is 0.0280. The molecule has 1 aliphatic rings. The van der Waals surface area contributed by atoms with Crippen LogP contribution in [0.2, 0.25) is 0 Å². The van der Waals surface area contributed by atoms with E-state index in [2.05, 4.69) is 15.9 Å². The zero-order valence-corrected chi connectivity index (χ0v) is 15.6. The van der Waals surface area contributed by atoms with Gasteiger partial charge in [-0.3, -0.25) is 14.2 Å². The quantitative estimate of drug-likeness (QED) is 0.515. The van der Waals surface area contributed by atoms with Gasteiger partial charge in [-0.2, -0.15) is 4.98 Å². The van der Waals surface area contributed by atoms with E-state index in [0.29, 0.717) is 0 Å². The summed E-state index contributed by atoms with van der Waals surface area (Å²) in [5.41, 5.74) is 5.22. The van der Waals surface area contributed by atoms with Crippen molar-refractivity contribution in [2.24, 2.45) is 0 Å². The molecule has 4 atom stereocenters. The fourth-order valence-corrected chi connectivity index (χ4v) is 3.10. The molecular weight excluding hydrogens is 389 g/mol. The Bertz CT molecular complexity index is 1060. The Kier molecular flexibility index (Phi) is 5.51. The minimum Gasteiger partial charge on any atom is -0.463 e. The highest BCUT2D eigenvalue weighted by Gasteiger charge is 2.50. The summed E-state index contributed by atoms with van der Waals surface area (Å²) in [7, 11) is 0. The maximum Gasteiger partial charge on any atom is 0.333 e. The lowest BCUT2D eigenvalue weighted by molar-refractivity contribution is -0.154. The summed E-state index contributed by atoms with van der Waals surface area (Å²) in [5.74, 6) is 0.769. The van der Waals surface area contributed by atoms with E-state index in [0.717, 1.165) is 18.4 Å². The van der Waals surface area contributed by atoms with Gasteiger partial charge in [0.05, 0.1) is 12.7 Å². The third-order valence-corrected chi connectivity index (χ3v) is 4.25. The molecule has 3 heterocycles. The van der Waals surface area contributed by atoms with Crippen molar-refractivity contribution < 1.29 is 28.2 Å². The van der Waals surface area contributed by atoms with Gasteiger partial charge in [0.1, 0.15) is 18.2 Å². The number of nitrogens with zero attached hydrogens (tertiary/aromatic N) is 4. The number of fused-ring (bicyclic) bond motifs is 1. The molecule has 0 amide bonds. The van der Waals surface area contributed by atoms with E-state index in [1.165, 1.54) is 10.8 Å². The second-order valence-electron chi connectivity index (χ2n) is 6.27. The van der Waals surface area contributed by atoms with Crippen molar-refractivity contribution in [1.82, 2.24) is 19.1 Å². The number of carbonyl (C=O) groups is 2. The van der Waals surface area contributed by atoms with Gasteiger partial charge in [-0.15, -0.1) is 6.42 Å². The maximum atomic E-state index is 15.0. The van der Waals surface area contributed by atoms with Crippen molar-refractivity contribution >= 4 is 29.1 Å². The summed E-state index contributed by atoms with van der Waals surface area (Å²) in [6, 6.07) is 0. The van der Waals surface area contributed by atoms with Gasteiger partial charge in [-0.25, -0.2) is 18.7 Å². The highest BCUT2D eigenvalue weighted by Crippen LogP contribution is 2.35. The van der Waals surface area contributed by atoms with Crippen LogP contribution in [-0.2, 0) is 30.3 Å². The fraction of sp³-hybridized carbons (Fsp3) is 0.471. The summed E-state index contributed by atoms with van der Waals surface area (Å²) < 4.78 is 32.6. The number of rotatable bonds is 5. The Labute approximate surface area is 163 Å². The number of hydrogen-bond acceptors (Lipinski definition) is 9. The number of terminal acetylenes is 1. The number of halogens is 1. The predicted molar refractivity (Wildman–Crippen MR) is 96.0 cm³/mol. The molecule has 3 rings (SSSR count). The average molecular weight is 407 g/mol. The van der Waals surface area contributed by atoms with E-state index in [-0.39, 0.29) is 23.7 Å². The van der Waals surface area contributed by atoms with Crippen LogP contribution < -0.4 is 11.4 Å². The van der Waals surface area contributed by atoms with Crippen LogP contribution in [0.4, 0.5) is 10.3 Å². The molecule has 11 nitrogen and oxygen atoms in total. The van der Waals surface area contributed by atoms with Gasteiger partial charge in [-0.1, -0.05) is 5.92 Å². The Balaban J connectivity index is 2.12. The molecule has 29 heavy (non-hydrogen) atoms. The topological polar surface area (TPSA) is 141 Å². The Morgan fingerprint density at radius 3 is 2.76 bits per heavy atom. The lowest BCUT2D eigenvalue weighted by Gasteiger charge is -2.19. The van der Waals surface area contributed by atoms with E-state index in [1.54, 1.807) is 0 Å². The predicted octanol–water partition coefficient (Wildman–Crippen LogP) is -0.461. The van der Waals surface area contributed by atoms with E-state index >= 15 is 0 Å². The Hall–Kier alpha value is -3.46. The highest BCUT2D eigenvalue weighted by atomic mass is 19.1. The smallest absolute Gasteiger partial charge is 0.333 e. The molecule has 2 N–H and O–H groups in total. The van der Waals surface area contributed by atoms with E-state index in [1.807, 2.05) is 0 Å². The van der Waals surface area contributed by atoms with Gasteiger partial charge in [0.25, 0.3) is 0 Å². The molecule has 0 bridgehead atoms. The molecule has 2 aromatic heterocycles. The molecule has 0 unspecified atom stereocenters. The van der Waals surface area contributed by atoms with Gasteiger partial charge in [0, 0.05) is 13.8 Å². The summed E-state index contributed by atoms with van der Waals surface area (Å²) >= 11 is 0. The number of alkyl halides is 1. The number of aromatic nitrogens is 4. The van der Waals surface area contributed by atoms with Gasteiger partial charge in [0.15, 0.2) is 24.2 Å². The summed E-state index contributed by atoms with van der Waals surface area (Å²) in [5, 5.41) is 0. The van der Waals surface area contributed by atoms with Crippen LogP contribution in [0, 0.1) is 12.3 Å². The number of imidazole rings is 1. The molecule has 0 radical (unpaired) electrons. The normalized spacial score (nSPS) is 23.7. The number of esters is 2. The van der Waals surface area contributed by atoms with Crippen molar-refractivity contribution in [3.05, 3.63) is 16.7 Å². The SMILES string of the molecule is C#CCn1c(=O)n([C@@H]2O[C@H](COC(C)=O)[C@H](F)[C@H]2OC(C)=O)c2nc(N)ncc21. The molecule has 0 aromatic carbocycles. The van der Waals surface area contributed by atoms with Crippen molar-refractivity contribution in [3.8, 4) is 12.3 Å². The molecule has 1 saturated heterocycles. The summed E-state index contributed by atoms with van der Waals surface area (Å²) in [4.78, 5) is 43.4. The molecule has 1 fully saturated rings. The van der Waals surface area contributed by atoms with Crippen molar-refractivity contribution in [3.63, 3.8) is 0 Å². The fourth-order valence-electron chi connectivity index (χ4n) is 3.10. The zero-order valence-electron chi connectivity index (χ0n) is 15.6.